The molecule has 120 valence electrons. The van der Waals surface area contributed by atoms with Crippen molar-refractivity contribution in [1.82, 2.24) is 10.6 Å². The number of thioether (sulfide) groups is 1. The van der Waals surface area contributed by atoms with E-state index in [2.05, 4.69) is 10.6 Å². The van der Waals surface area contributed by atoms with E-state index >= 15 is 0 Å². The molecule has 1 fully saturated rings. The van der Waals surface area contributed by atoms with Gasteiger partial charge >= 0.3 is 0 Å². The zero-order valence-corrected chi connectivity index (χ0v) is 14.0. The second-order valence-corrected chi connectivity index (χ2v) is 7.34. The molecule has 22 heavy (non-hydrogen) atoms. The number of carbonyl (C=O) groups is 2. The molecule has 1 heterocycles. The zero-order chi connectivity index (χ0) is 16.2. The van der Waals surface area contributed by atoms with Crippen molar-refractivity contribution in [2.45, 2.75) is 31.1 Å². The third kappa shape index (κ3) is 3.94. The van der Waals surface area contributed by atoms with E-state index in [-0.39, 0.29) is 11.8 Å². The number of methoxy groups -OCH3 is 1. The first-order chi connectivity index (χ1) is 10.4. The molecule has 1 atom stereocenters. The van der Waals surface area contributed by atoms with Gasteiger partial charge in [0, 0.05) is 12.3 Å². The molecular weight excluding hydrogens is 300 g/mol. The van der Waals surface area contributed by atoms with Crippen LogP contribution in [0.4, 0.5) is 0 Å². The highest BCUT2D eigenvalue weighted by molar-refractivity contribution is 8.01. The number of para-hydroxylation sites is 1. The number of hydrogen-bond donors (Lipinski definition) is 2. The normalized spacial score (nSPS) is 20.1. The average molecular weight is 322 g/mol. The smallest absolute Gasteiger partial charge is 0.243 e. The maximum atomic E-state index is 12.1. The van der Waals surface area contributed by atoms with E-state index < -0.39 is 10.8 Å². The summed E-state index contributed by atoms with van der Waals surface area (Å²) in [4.78, 5) is 24.0. The lowest BCUT2D eigenvalue weighted by molar-refractivity contribution is -0.129. The van der Waals surface area contributed by atoms with E-state index in [1.807, 2.05) is 38.1 Å². The third-order valence-electron chi connectivity index (χ3n) is 3.67. The molecule has 2 amide bonds. The van der Waals surface area contributed by atoms with Crippen molar-refractivity contribution in [2.24, 2.45) is 0 Å². The monoisotopic (exact) mass is 322 g/mol. The van der Waals surface area contributed by atoms with Crippen molar-refractivity contribution in [2.75, 3.05) is 19.4 Å². The highest BCUT2D eigenvalue weighted by Crippen LogP contribution is 2.28. The first-order valence-corrected chi connectivity index (χ1v) is 8.27. The number of nitrogens with one attached hydrogen (secondary N) is 2. The van der Waals surface area contributed by atoms with Crippen LogP contribution in [0.25, 0.3) is 0 Å². The Labute approximate surface area is 135 Å². The first-order valence-electron chi connectivity index (χ1n) is 7.28. The van der Waals surface area contributed by atoms with Crippen LogP contribution in [-0.4, -0.2) is 42.0 Å². The summed E-state index contributed by atoms with van der Waals surface area (Å²) < 4.78 is 4.82. The summed E-state index contributed by atoms with van der Waals surface area (Å²) in [6.45, 7) is 4.24. The summed E-state index contributed by atoms with van der Waals surface area (Å²) in [5.74, 6) is 1.19. The number of ether oxygens (including phenoxy) is 1. The summed E-state index contributed by atoms with van der Waals surface area (Å²) in [6, 6.07) is 7.28. The maximum Gasteiger partial charge on any atom is 0.243 e. The van der Waals surface area contributed by atoms with Gasteiger partial charge in [-0.05, 0) is 31.9 Å². The topological polar surface area (TPSA) is 67.4 Å². The molecule has 2 N–H and O–H groups in total. The second-order valence-electron chi connectivity index (χ2n) is 5.70. The van der Waals surface area contributed by atoms with Gasteiger partial charge in [-0.1, -0.05) is 18.2 Å². The fourth-order valence-electron chi connectivity index (χ4n) is 2.23. The van der Waals surface area contributed by atoms with Gasteiger partial charge in [0.1, 0.15) is 11.8 Å². The quantitative estimate of drug-likeness (QED) is 0.859. The molecule has 1 aliphatic rings. The Hall–Kier alpha value is -1.69. The Bertz CT molecular complexity index is 560. The van der Waals surface area contributed by atoms with Crippen molar-refractivity contribution >= 4 is 23.6 Å². The molecule has 0 aliphatic carbocycles. The molecule has 0 spiro atoms. The Kier molecular flexibility index (Phi) is 5.34. The van der Waals surface area contributed by atoms with E-state index in [1.54, 1.807) is 7.11 Å². The molecule has 1 aromatic rings. The Morgan fingerprint density at radius 3 is 2.86 bits per heavy atom. The van der Waals surface area contributed by atoms with Crippen molar-refractivity contribution in [1.29, 1.82) is 0 Å². The molecule has 1 aromatic carbocycles. The number of benzene rings is 1. The molecule has 2 rings (SSSR count). The minimum absolute atomic E-state index is 0.0892. The van der Waals surface area contributed by atoms with Gasteiger partial charge in [0.2, 0.25) is 11.8 Å². The van der Waals surface area contributed by atoms with E-state index in [0.717, 1.165) is 11.3 Å². The number of hydrogen-bond acceptors (Lipinski definition) is 4. The fourth-order valence-corrected chi connectivity index (χ4v) is 3.23. The van der Waals surface area contributed by atoms with E-state index in [1.165, 1.54) is 11.8 Å². The third-order valence-corrected chi connectivity index (χ3v) is 5.07. The lowest BCUT2D eigenvalue weighted by atomic mass is 10.1. The average Bonchev–Trinajstić information content (AvgIpc) is 2.50. The maximum absolute atomic E-state index is 12.1. The van der Waals surface area contributed by atoms with Crippen molar-refractivity contribution in [3.8, 4) is 5.75 Å². The van der Waals surface area contributed by atoms with Gasteiger partial charge in [0.25, 0.3) is 0 Å². The SMILES string of the molecule is COc1ccccc1CCNC(=O)[C@H]1CSC(C)(C)C(=O)N1. The van der Waals surface area contributed by atoms with Crippen LogP contribution in [0, 0.1) is 0 Å². The fraction of sp³-hybridized carbons (Fsp3) is 0.500. The van der Waals surface area contributed by atoms with Gasteiger partial charge in [-0.15, -0.1) is 11.8 Å². The Morgan fingerprint density at radius 2 is 2.18 bits per heavy atom. The van der Waals surface area contributed by atoms with Crippen molar-refractivity contribution in [3.05, 3.63) is 29.8 Å². The lowest BCUT2D eigenvalue weighted by Gasteiger charge is -2.32. The van der Waals surface area contributed by atoms with Gasteiger partial charge in [-0.25, -0.2) is 0 Å². The summed E-state index contributed by atoms with van der Waals surface area (Å²) in [5, 5.41) is 5.66. The summed E-state index contributed by atoms with van der Waals surface area (Å²) in [5.41, 5.74) is 1.05. The molecule has 0 saturated carbocycles. The molecule has 1 saturated heterocycles. The number of carbonyl (C=O) groups excluding carboxylic acids is 2. The second kappa shape index (κ2) is 7.05. The van der Waals surface area contributed by atoms with Crippen LogP contribution >= 0.6 is 11.8 Å². The molecule has 6 heteroatoms. The van der Waals surface area contributed by atoms with Gasteiger partial charge < -0.3 is 15.4 Å². The summed E-state index contributed by atoms with van der Waals surface area (Å²) in [6.07, 6.45) is 0.690. The molecule has 5 nitrogen and oxygen atoms in total. The summed E-state index contributed by atoms with van der Waals surface area (Å²) >= 11 is 1.51. The largest absolute Gasteiger partial charge is 0.496 e. The molecule has 0 radical (unpaired) electrons. The van der Waals surface area contributed by atoms with Gasteiger partial charge in [0.15, 0.2) is 0 Å². The van der Waals surface area contributed by atoms with Crippen LogP contribution in [0.1, 0.15) is 19.4 Å². The first kappa shape index (κ1) is 16.7. The Balaban J connectivity index is 1.82. The van der Waals surface area contributed by atoms with Crippen LogP contribution in [0.5, 0.6) is 5.75 Å². The minimum atomic E-state index is -0.464. The minimum Gasteiger partial charge on any atom is -0.496 e. The number of rotatable bonds is 5. The van der Waals surface area contributed by atoms with Crippen LogP contribution in [0.2, 0.25) is 0 Å². The number of amides is 2. The zero-order valence-electron chi connectivity index (χ0n) is 13.1. The van der Waals surface area contributed by atoms with E-state index in [9.17, 15) is 9.59 Å². The van der Waals surface area contributed by atoms with E-state index in [4.69, 9.17) is 4.74 Å². The molecule has 0 bridgehead atoms. The predicted molar refractivity (Wildman–Crippen MR) is 88.2 cm³/mol. The summed E-state index contributed by atoms with van der Waals surface area (Å²) in [7, 11) is 1.63. The molecule has 0 unspecified atom stereocenters. The standard InChI is InChI=1S/C16H22N2O3S/c1-16(2)15(20)18-12(10-22-16)14(19)17-9-8-11-6-4-5-7-13(11)21-3/h4-7,12H,8-10H2,1-3H3,(H,17,19)(H,18,20)/t12-/m1/s1. The van der Waals surface area contributed by atoms with E-state index in [0.29, 0.717) is 18.7 Å². The molecule has 0 aromatic heterocycles. The van der Waals surface area contributed by atoms with Gasteiger partial charge in [-0.3, -0.25) is 9.59 Å². The highest BCUT2D eigenvalue weighted by atomic mass is 32.2. The van der Waals surface area contributed by atoms with Crippen LogP contribution in [0.3, 0.4) is 0 Å². The Morgan fingerprint density at radius 1 is 1.45 bits per heavy atom. The lowest BCUT2D eigenvalue weighted by Crippen LogP contribution is -2.57. The van der Waals surface area contributed by atoms with Crippen molar-refractivity contribution < 1.29 is 14.3 Å². The highest BCUT2D eigenvalue weighted by Gasteiger charge is 2.37. The van der Waals surface area contributed by atoms with Crippen LogP contribution < -0.4 is 15.4 Å². The van der Waals surface area contributed by atoms with Crippen molar-refractivity contribution in [3.63, 3.8) is 0 Å². The molecular formula is C16H22N2O3S. The van der Waals surface area contributed by atoms with Crippen LogP contribution in [-0.2, 0) is 16.0 Å². The predicted octanol–water partition coefficient (Wildman–Crippen LogP) is 1.36. The van der Waals surface area contributed by atoms with Gasteiger partial charge in [0.05, 0.1) is 11.9 Å². The van der Waals surface area contributed by atoms with Gasteiger partial charge in [-0.2, -0.15) is 0 Å². The van der Waals surface area contributed by atoms with Crippen LogP contribution in [0.15, 0.2) is 24.3 Å². The molecule has 1 aliphatic heterocycles.